The number of rotatable bonds is 8. The maximum atomic E-state index is 11.9. The molecule has 0 N–H and O–H groups in total. The fraction of sp³-hybridized carbons (Fsp3) is 0.778. The normalized spacial score (nSPS) is 12.9. The standard InChI is InChI=1S/C9H17O7PS/c1-5-16-9(11)7(6-8(10)13-2)18-17(12,14-3)15-4/h7H,5-6H2,1-4H3. The lowest BCUT2D eigenvalue weighted by Crippen LogP contribution is -2.24. The molecule has 0 saturated carbocycles. The molecule has 0 saturated heterocycles. The number of hydrogen-bond acceptors (Lipinski definition) is 8. The van der Waals surface area contributed by atoms with Crippen LogP contribution in [0.2, 0.25) is 0 Å². The van der Waals surface area contributed by atoms with Crippen LogP contribution in [0.5, 0.6) is 0 Å². The van der Waals surface area contributed by atoms with E-state index >= 15 is 0 Å². The molecule has 0 amide bonds. The van der Waals surface area contributed by atoms with E-state index in [0.29, 0.717) is 11.4 Å². The van der Waals surface area contributed by atoms with Crippen molar-refractivity contribution >= 4 is 30.1 Å². The van der Waals surface area contributed by atoms with E-state index in [-0.39, 0.29) is 13.0 Å². The van der Waals surface area contributed by atoms with Gasteiger partial charge in [0.2, 0.25) is 0 Å². The van der Waals surface area contributed by atoms with Gasteiger partial charge in [-0.3, -0.25) is 9.59 Å². The molecule has 0 aromatic rings. The van der Waals surface area contributed by atoms with Gasteiger partial charge in [-0.15, -0.1) is 0 Å². The minimum absolute atomic E-state index is 0.154. The van der Waals surface area contributed by atoms with Gasteiger partial charge in [0.1, 0.15) is 5.25 Å². The maximum absolute atomic E-state index is 11.9. The summed E-state index contributed by atoms with van der Waals surface area (Å²) in [5.74, 6) is -1.28. The maximum Gasteiger partial charge on any atom is 0.389 e. The van der Waals surface area contributed by atoms with Crippen LogP contribution in [-0.2, 0) is 32.7 Å². The van der Waals surface area contributed by atoms with E-state index in [1.165, 1.54) is 21.3 Å². The van der Waals surface area contributed by atoms with E-state index < -0.39 is 24.0 Å². The Morgan fingerprint density at radius 3 is 2.17 bits per heavy atom. The Bertz CT molecular complexity index is 325. The first-order valence-corrected chi connectivity index (χ1v) is 8.08. The average molecular weight is 300 g/mol. The molecular formula is C9H17O7PS. The molecule has 0 rings (SSSR count). The zero-order chi connectivity index (χ0) is 14.2. The van der Waals surface area contributed by atoms with Gasteiger partial charge >= 0.3 is 18.7 Å². The molecule has 0 heterocycles. The summed E-state index contributed by atoms with van der Waals surface area (Å²) in [6.07, 6.45) is -0.267. The Kier molecular flexibility index (Phi) is 8.26. The highest BCUT2D eigenvalue weighted by atomic mass is 32.7. The predicted molar refractivity (Wildman–Crippen MR) is 66.3 cm³/mol. The highest BCUT2D eigenvalue weighted by Gasteiger charge is 2.35. The van der Waals surface area contributed by atoms with E-state index in [9.17, 15) is 14.2 Å². The summed E-state index contributed by atoms with van der Waals surface area (Å²) in [6, 6.07) is 0. The summed E-state index contributed by atoms with van der Waals surface area (Å²) in [5, 5.41) is -0.997. The molecule has 0 spiro atoms. The van der Waals surface area contributed by atoms with E-state index in [0.717, 1.165) is 0 Å². The van der Waals surface area contributed by atoms with Crippen LogP contribution in [0.3, 0.4) is 0 Å². The van der Waals surface area contributed by atoms with Gasteiger partial charge in [-0.05, 0) is 18.3 Å². The molecule has 0 bridgehead atoms. The summed E-state index contributed by atoms with van der Waals surface area (Å²) in [6.45, 7) is -1.69. The fourth-order valence-electron chi connectivity index (χ4n) is 0.950. The van der Waals surface area contributed by atoms with E-state index in [1.807, 2.05) is 0 Å². The van der Waals surface area contributed by atoms with Gasteiger partial charge in [-0.2, -0.15) is 0 Å². The van der Waals surface area contributed by atoms with Gasteiger partial charge in [0.15, 0.2) is 0 Å². The van der Waals surface area contributed by atoms with E-state index in [2.05, 4.69) is 4.74 Å². The number of carbonyl (C=O) groups is 2. The molecule has 0 aliphatic rings. The lowest BCUT2D eigenvalue weighted by Gasteiger charge is -2.18. The molecule has 0 aliphatic heterocycles. The first kappa shape index (κ1) is 17.4. The Morgan fingerprint density at radius 1 is 1.22 bits per heavy atom. The lowest BCUT2D eigenvalue weighted by molar-refractivity contribution is -0.147. The zero-order valence-corrected chi connectivity index (χ0v) is 12.4. The third-order valence-corrected chi connectivity index (χ3v) is 6.03. The van der Waals surface area contributed by atoms with E-state index in [1.54, 1.807) is 6.92 Å². The molecular weight excluding hydrogens is 283 g/mol. The molecule has 0 fully saturated rings. The molecule has 106 valence electrons. The number of carbonyl (C=O) groups excluding carboxylic acids is 2. The topological polar surface area (TPSA) is 88.1 Å². The van der Waals surface area contributed by atoms with Gasteiger partial charge in [0, 0.05) is 14.2 Å². The number of hydrogen-bond donors (Lipinski definition) is 0. The van der Waals surface area contributed by atoms with Gasteiger partial charge in [0.05, 0.1) is 20.1 Å². The molecule has 7 nitrogen and oxygen atoms in total. The summed E-state index contributed by atoms with van der Waals surface area (Å²) >= 11 is 0.620. The second-order valence-electron chi connectivity index (χ2n) is 2.94. The van der Waals surface area contributed by atoms with Crippen LogP contribution < -0.4 is 0 Å². The monoisotopic (exact) mass is 300 g/mol. The number of methoxy groups -OCH3 is 1. The van der Waals surface area contributed by atoms with Crippen molar-refractivity contribution in [2.75, 3.05) is 27.9 Å². The second kappa shape index (κ2) is 8.53. The smallest absolute Gasteiger partial charge is 0.389 e. The Balaban J connectivity index is 4.81. The first-order valence-electron chi connectivity index (χ1n) is 5.05. The van der Waals surface area contributed by atoms with Crippen molar-refractivity contribution in [3.63, 3.8) is 0 Å². The van der Waals surface area contributed by atoms with Crippen molar-refractivity contribution in [2.45, 2.75) is 18.6 Å². The molecule has 0 aliphatic carbocycles. The van der Waals surface area contributed by atoms with Gasteiger partial charge < -0.3 is 18.5 Å². The minimum Gasteiger partial charge on any atom is -0.469 e. The highest BCUT2D eigenvalue weighted by molar-refractivity contribution is 8.55. The Morgan fingerprint density at radius 2 is 1.78 bits per heavy atom. The molecule has 0 radical (unpaired) electrons. The van der Waals surface area contributed by atoms with Crippen LogP contribution in [0, 0.1) is 0 Å². The first-order chi connectivity index (χ1) is 8.42. The number of ether oxygens (including phenoxy) is 2. The molecule has 1 unspecified atom stereocenters. The van der Waals surface area contributed by atoms with Crippen molar-refractivity contribution in [3.8, 4) is 0 Å². The van der Waals surface area contributed by atoms with Gasteiger partial charge in [0.25, 0.3) is 0 Å². The van der Waals surface area contributed by atoms with Gasteiger partial charge in [-0.1, -0.05) is 0 Å². The van der Waals surface area contributed by atoms with E-state index in [4.69, 9.17) is 13.8 Å². The van der Waals surface area contributed by atoms with Crippen LogP contribution in [0.15, 0.2) is 0 Å². The van der Waals surface area contributed by atoms with Crippen molar-refractivity contribution in [2.24, 2.45) is 0 Å². The van der Waals surface area contributed by atoms with Gasteiger partial charge in [-0.25, -0.2) is 4.57 Å². The molecule has 0 aromatic carbocycles. The predicted octanol–water partition coefficient (Wildman–Crippen LogP) is 1.62. The minimum atomic E-state index is -3.47. The number of esters is 2. The van der Waals surface area contributed by atoms with Crippen molar-refractivity contribution in [1.82, 2.24) is 0 Å². The Hall–Kier alpha value is -0.560. The fourth-order valence-corrected chi connectivity index (χ4v) is 3.88. The summed E-state index contributed by atoms with van der Waals surface area (Å²) < 4.78 is 30.5. The summed E-state index contributed by atoms with van der Waals surface area (Å²) in [7, 11) is 3.58. The summed E-state index contributed by atoms with van der Waals surface area (Å²) in [5.41, 5.74) is 0. The lowest BCUT2D eigenvalue weighted by atomic mass is 10.3. The van der Waals surface area contributed by atoms with Crippen molar-refractivity contribution in [1.29, 1.82) is 0 Å². The highest BCUT2D eigenvalue weighted by Crippen LogP contribution is 2.61. The van der Waals surface area contributed by atoms with Crippen LogP contribution in [0.4, 0.5) is 0 Å². The summed E-state index contributed by atoms with van der Waals surface area (Å²) in [4.78, 5) is 22.8. The molecule has 9 heteroatoms. The molecule has 1 atom stereocenters. The third kappa shape index (κ3) is 5.86. The zero-order valence-electron chi connectivity index (χ0n) is 10.7. The largest absolute Gasteiger partial charge is 0.469 e. The third-order valence-electron chi connectivity index (χ3n) is 1.83. The van der Waals surface area contributed by atoms with Crippen LogP contribution in [0.1, 0.15) is 13.3 Å². The molecule has 0 aromatic heterocycles. The van der Waals surface area contributed by atoms with Crippen LogP contribution >= 0.6 is 18.2 Å². The Labute approximate surface area is 110 Å². The van der Waals surface area contributed by atoms with Crippen LogP contribution in [-0.4, -0.2) is 45.1 Å². The van der Waals surface area contributed by atoms with Crippen molar-refractivity contribution < 1.29 is 32.7 Å². The van der Waals surface area contributed by atoms with Crippen LogP contribution in [0.25, 0.3) is 0 Å². The second-order valence-corrected chi connectivity index (χ2v) is 7.32. The molecule has 18 heavy (non-hydrogen) atoms. The van der Waals surface area contributed by atoms with Crippen molar-refractivity contribution in [3.05, 3.63) is 0 Å². The SMILES string of the molecule is CCOC(=O)C(CC(=O)OC)SP(=O)(OC)OC. The quantitative estimate of drug-likeness (QED) is 0.493. The average Bonchev–Trinajstić information content (AvgIpc) is 2.37.